The van der Waals surface area contributed by atoms with E-state index in [0.717, 1.165) is 39.9 Å². The Morgan fingerprint density at radius 1 is 1.22 bits per heavy atom. The number of rotatable bonds is 10. The van der Waals surface area contributed by atoms with Gasteiger partial charge in [-0.05, 0) is 30.7 Å². The standard InChI is InChI=1S/C19H22N4O2S2/c1-13-16(12-27-19-22-14-4-2-3-5-15(14)23-19)21-9-6-17(13)26-11-10-20-8-7-18(24)25/h2-6,9,20H,7-8,10-12H2,1H3,(H,22,23)(H,24,25). The Morgan fingerprint density at radius 2 is 2.07 bits per heavy atom. The first-order valence-corrected chi connectivity index (χ1v) is 10.7. The van der Waals surface area contributed by atoms with E-state index in [0.29, 0.717) is 6.54 Å². The van der Waals surface area contributed by atoms with Crippen LogP contribution in [0.5, 0.6) is 0 Å². The predicted molar refractivity (Wildman–Crippen MR) is 110 cm³/mol. The largest absolute Gasteiger partial charge is 0.481 e. The maximum absolute atomic E-state index is 10.5. The normalized spacial score (nSPS) is 11.1. The number of hydrogen-bond acceptors (Lipinski definition) is 6. The number of aliphatic carboxylic acids is 1. The van der Waals surface area contributed by atoms with E-state index < -0.39 is 5.97 Å². The summed E-state index contributed by atoms with van der Waals surface area (Å²) in [6.45, 7) is 3.38. The lowest BCUT2D eigenvalue weighted by atomic mass is 10.2. The molecule has 0 spiro atoms. The fourth-order valence-corrected chi connectivity index (χ4v) is 4.42. The third kappa shape index (κ3) is 5.72. The number of aromatic amines is 1. The second-order valence-corrected chi connectivity index (χ2v) is 8.07. The molecule has 0 bridgehead atoms. The van der Waals surface area contributed by atoms with Crippen LogP contribution >= 0.6 is 23.5 Å². The molecule has 0 saturated carbocycles. The Morgan fingerprint density at radius 3 is 2.89 bits per heavy atom. The van der Waals surface area contributed by atoms with E-state index in [1.807, 2.05) is 36.5 Å². The van der Waals surface area contributed by atoms with E-state index >= 15 is 0 Å². The molecule has 0 fully saturated rings. The zero-order valence-electron chi connectivity index (χ0n) is 15.1. The van der Waals surface area contributed by atoms with Gasteiger partial charge in [-0.3, -0.25) is 9.78 Å². The van der Waals surface area contributed by atoms with Crippen LogP contribution in [0.1, 0.15) is 17.7 Å². The summed E-state index contributed by atoms with van der Waals surface area (Å²) in [6, 6.07) is 10.0. The molecule has 142 valence electrons. The first-order valence-electron chi connectivity index (χ1n) is 8.71. The number of carboxylic acid groups (broad SMARTS) is 1. The van der Waals surface area contributed by atoms with E-state index in [4.69, 9.17) is 5.11 Å². The zero-order valence-corrected chi connectivity index (χ0v) is 16.7. The van der Waals surface area contributed by atoms with Gasteiger partial charge in [0, 0.05) is 35.7 Å². The van der Waals surface area contributed by atoms with Crippen LogP contribution < -0.4 is 5.32 Å². The molecule has 3 aromatic rings. The van der Waals surface area contributed by atoms with E-state index in [9.17, 15) is 4.79 Å². The fourth-order valence-electron chi connectivity index (χ4n) is 2.55. The summed E-state index contributed by atoms with van der Waals surface area (Å²) in [5, 5.41) is 12.7. The molecule has 0 aliphatic carbocycles. The minimum Gasteiger partial charge on any atom is -0.481 e. The highest BCUT2D eigenvalue weighted by atomic mass is 32.2. The molecule has 27 heavy (non-hydrogen) atoms. The molecule has 6 nitrogen and oxygen atoms in total. The number of imidazole rings is 1. The van der Waals surface area contributed by atoms with Crippen molar-refractivity contribution in [1.82, 2.24) is 20.3 Å². The van der Waals surface area contributed by atoms with Gasteiger partial charge < -0.3 is 15.4 Å². The van der Waals surface area contributed by atoms with Gasteiger partial charge >= 0.3 is 5.97 Å². The summed E-state index contributed by atoms with van der Waals surface area (Å²) in [5.41, 5.74) is 4.27. The van der Waals surface area contributed by atoms with Crippen LogP contribution in [0, 0.1) is 6.92 Å². The Bertz CT molecular complexity index is 881. The molecule has 1 aromatic carbocycles. The number of hydrogen-bond donors (Lipinski definition) is 3. The molecule has 2 heterocycles. The monoisotopic (exact) mass is 402 g/mol. The smallest absolute Gasteiger partial charge is 0.304 e. The third-order valence-electron chi connectivity index (χ3n) is 4.02. The number of carboxylic acids is 1. The molecule has 0 radical (unpaired) electrons. The van der Waals surface area contributed by atoms with Crippen LogP contribution in [0.3, 0.4) is 0 Å². The molecule has 8 heteroatoms. The van der Waals surface area contributed by atoms with E-state index in [-0.39, 0.29) is 6.42 Å². The van der Waals surface area contributed by atoms with Gasteiger partial charge in [-0.15, -0.1) is 11.8 Å². The minimum atomic E-state index is -0.772. The van der Waals surface area contributed by atoms with Crippen molar-refractivity contribution in [3.05, 3.63) is 47.8 Å². The highest BCUT2D eigenvalue weighted by molar-refractivity contribution is 7.99. The van der Waals surface area contributed by atoms with Gasteiger partial charge in [-0.2, -0.15) is 0 Å². The maximum Gasteiger partial charge on any atom is 0.304 e. The van der Waals surface area contributed by atoms with Crippen LogP contribution in [-0.4, -0.2) is 44.9 Å². The van der Waals surface area contributed by atoms with Crippen molar-refractivity contribution in [2.75, 3.05) is 18.8 Å². The lowest BCUT2D eigenvalue weighted by molar-refractivity contribution is -0.136. The second kappa shape index (κ2) is 9.77. The number of carbonyl (C=O) groups is 1. The number of H-pyrrole nitrogens is 1. The maximum atomic E-state index is 10.5. The predicted octanol–water partition coefficient (Wildman–Crippen LogP) is 3.72. The number of nitrogens with one attached hydrogen (secondary N) is 2. The van der Waals surface area contributed by atoms with E-state index in [2.05, 4.69) is 27.2 Å². The third-order valence-corrected chi connectivity index (χ3v) is 6.07. The van der Waals surface area contributed by atoms with E-state index in [1.54, 1.807) is 23.5 Å². The minimum absolute atomic E-state index is 0.155. The van der Waals surface area contributed by atoms with Crippen LogP contribution in [0.25, 0.3) is 11.0 Å². The number of pyridine rings is 1. The summed E-state index contributed by atoms with van der Waals surface area (Å²) in [6.07, 6.45) is 2.00. The SMILES string of the molecule is Cc1c(SCCNCCC(=O)O)ccnc1CSc1nc2ccccc2[nH]1. The highest BCUT2D eigenvalue weighted by Crippen LogP contribution is 2.28. The molecule has 0 atom stereocenters. The lowest BCUT2D eigenvalue weighted by Crippen LogP contribution is -2.20. The molecule has 3 rings (SSSR count). The van der Waals surface area contributed by atoms with Crippen molar-refractivity contribution < 1.29 is 9.90 Å². The Balaban J connectivity index is 1.52. The Kier molecular flexibility index (Phi) is 7.14. The quantitative estimate of drug-likeness (QED) is 0.352. The van der Waals surface area contributed by atoms with Crippen LogP contribution in [0.2, 0.25) is 0 Å². The summed E-state index contributed by atoms with van der Waals surface area (Å²) in [7, 11) is 0. The van der Waals surface area contributed by atoms with Gasteiger partial charge in [-0.25, -0.2) is 4.98 Å². The lowest BCUT2D eigenvalue weighted by Gasteiger charge is -2.10. The van der Waals surface area contributed by atoms with Gasteiger partial charge in [0.1, 0.15) is 0 Å². The van der Waals surface area contributed by atoms with Crippen molar-refractivity contribution in [3.63, 3.8) is 0 Å². The Labute approximate surface area is 166 Å². The highest BCUT2D eigenvalue weighted by Gasteiger charge is 2.09. The van der Waals surface area contributed by atoms with Crippen LogP contribution in [0.15, 0.2) is 46.6 Å². The fraction of sp³-hybridized carbons (Fsp3) is 0.316. The van der Waals surface area contributed by atoms with Crippen LogP contribution in [-0.2, 0) is 10.5 Å². The first kappa shape index (κ1) is 19.7. The van der Waals surface area contributed by atoms with Gasteiger partial charge in [0.15, 0.2) is 5.16 Å². The number of nitrogens with zero attached hydrogens (tertiary/aromatic N) is 2. The number of para-hydroxylation sites is 2. The van der Waals surface area contributed by atoms with Crippen LogP contribution in [0.4, 0.5) is 0 Å². The van der Waals surface area contributed by atoms with Crippen molar-refractivity contribution in [1.29, 1.82) is 0 Å². The summed E-state index contributed by atoms with van der Waals surface area (Å²) in [5.74, 6) is 0.879. The summed E-state index contributed by atoms with van der Waals surface area (Å²) in [4.78, 5) is 24.2. The number of benzene rings is 1. The van der Waals surface area contributed by atoms with Crippen molar-refractivity contribution in [2.45, 2.75) is 29.1 Å². The average Bonchev–Trinajstić information content (AvgIpc) is 3.07. The van der Waals surface area contributed by atoms with Gasteiger partial charge in [0.25, 0.3) is 0 Å². The topological polar surface area (TPSA) is 90.9 Å². The van der Waals surface area contributed by atoms with Crippen molar-refractivity contribution in [3.8, 4) is 0 Å². The number of fused-ring (bicyclic) bond motifs is 1. The van der Waals surface area contributed by atoms with Crippen molar-refractivity contribution in [2.24, 2.45) is 0 Å². The first-order chi connectivity index (χ1) is 13.1. The summed E-state index contributed by atoms with van der Waals surface area (Å²) < 4.78 is 0. The molecule has 0 saturated heterocycles. The number of aromatic nitrogens is 3. The van der Waals surface area contributed by atoms with E-state index in [1.165, 1.54) is 10.5 Å². The number of thioether (sulfide) groups is 2. The van der Waals surface area contributed by atoms with Crippen molar-refractivity contribution >= 4 is 40.5 Å². The molecular formula is C19H22N4O2S2. The average molecular weight is 403 g/mol. The zero-order chi connectivity index (χ0) is 19.1. The molecule has 2 aromatic heterocycles. The molecular weight excluding hydrogens is 380 g/mol. The van der Waals surface area contributed by atoms with Gasteiger partial charge in [-0.1, -0.05) is 23.9 Å². The van der Waals surface area contributed by atoms with Gasteiger partial charge in [0.2, 0.25) is 0 Å². The molecule has 0 amide bonds. The summed E-state index contributed by atoms with van der Waals surface area (Å²) >= 11 is 3.42. The Hall–Kier alpha value is -2.03. The molecule has 0 unspecified atom stereocenters. The second-order valence-electron chi connectivity index (χ2n) is 5.97. The van der Waals surface area contributed by atoms with Gasteiger partial charge in [0.05, 0.1) is 23.1 Å². The molecule has 3 N–H and O–H groups in total. The molecule has 0 aliphatic heterocycles. The molecule has 0 aliphatic rings.